The second-order valence-corrected chi connectivity index (χ2v) is 8.22. The number of aromatic hydroxyl groups is 1. The fourth-order valence-corrected chi connectivity index (χ4v) is 3.50. The van der Waals surface area contributed by atoms with E-state index in [0.717, 1.165) is 0 Å². The molecule has 0 saturated heterocycles. The molecule has 0 saturated carbocycles. The Bertz CT molecular complexity index is 1200. The molecule has 7 heteroatoms. The maximum atomic E-state index is 12.8. The zero-order chi connectivity index (χ0) is 20.1. The zero-order valence-corrected chi connectivity index (χ0v) is 15.8. The number of hydrogen-bond donors (Lipinski definition) is 2. The van der Waals surface area contributed by atoms with Crippen LogP contribution in [0.4, 0.5) is 5.82 Å². The van der Waals surface area contributed by atoms with Crippen LogP contribution in [0.25, 0.3) is 0 Å². The highest BCUT2D eigenvalue weighted by Crippen LogP contribution is 2.15. The van der Waals surface area contributed by atoms with Crippen LogP contribution < -0.4 is 5.73 Å². The molecule has 0 aliphatic carbocycles. The topological polar surface area (TPSA) is 106 Å². The Morgan fingerprint density at radius 1 is 1.11 bits per heavy atom. The van der Waals surface area contributed by atoms with Crippen molar-refractivity contribution >= 4 is 21.5 Å². The summed E-state index contributed by atoms with van der Waals surface area (Å²) in [6.07, 6.45) is 2.70. The fourth-order valence-electron chi connectivity index (χ4n) is 2.31. The number of phenolic OH excluding ortho intramolecular Hbond substituents is 1. The monoisotopic (exact) mass is 391 g/mol. The van der Waals surface area contributed by atoms with Gasteiger partial charge in [0.1, 0.15) is 11.6 Å². The van der Waals surface area contributed by atoms with Gasteiger partial charge in [0.15, 0.2) is 0 Å². The van der Waals surface area contributed by atoms with E-state index in [-0.39, 0.29) is 17.1 Å². The summed E-state index contributed by atoms with van der Waals surface area (Å²) in [6, 6.07) is 16.4. The lowest BCUT2D eigenvalue weighted by atomic mass is 10.1. The number of benzene rings is 2. The molecular weight excluding hydrogens is 374 g/mol. The highest BCUT2D eigenvalue weighted by Gasteiger charge is 2.13. The molecule has 2 aromatic carbocycles. The second-order valence-electron chi connectivity index (χ2n) is 5.97. The van der Waals surface area contributed by atoms with Crippen LogP contribution in [0.1, 0.15) is 21.5 Å². The number of aromatic nitrogens is 1. The van der Waals surface area contributed by atoms with E-state index in [4.69, 9.17) is 5.73 Å². The summed E-state index contributed by atoms with van der Waals surface area (Å²) >= 11 is 0. The van der Waals surface area contributed by atoms with Gasteiger partial charge in [-0.1, -0.05) is 30.0 Å². The summed E-state index contributed by atoms with van der Waals surface area (Å²) < 4.78 is 16.7. The van der Waals surface area contributed by atoms with Gasteiger partial charge in [-0.3, -0.25) is 4.79 Å². The number of hydrogen-bond acceptors (Lipinski definition) is 5. The quantitative estimate of drug-likeness (QED) is 0.653. The fraction of sp³-hybridized carbons (Fsp3) is 0.0476. The van der Waals surface area contributed by atoms with Gasteiger partial charge in [0, 0.05) is 22.9 Å². The van der Waals surface area contributed by atoms with Crippen LogP contribution in [0.5, 0.6) is 5.75 Å². The van der Waals surface area contributed by atoms with Crippen molar-refractivity contribution in [3.8, 4) is 17.6 Å². The van der Waals surface area contributed by atoms with Crippen LogP contribution in [-0.4, -0.2) is 26.5 Å². The molecule has 1 heterocycles. The van der Waals surface area contributed by atoms with Crippen molar-refractivity contribution in [2.24, 2.45) is 4.36 Å². The molecule has 1 aromatic heterocycles. The van der Waals surface area contributed by atoms with Gasteiger partial charge in [0.25, 0.3) is 5.91 Å². The first-order valence-corrected chi connectivity index (χ1v) is 10.2. The summed E-state index contributed by atoms with van der Waals surface area (Å²) in [5.74, 6) is 5.40. The first-order valence-electron chi connectivity index (χ1n) is 8.23. The lowest BCUT2D eigenvalue weighted by Gasteiger charge is -2.04. The van der Waals surface area contributed by atoms with E-state index >= 15 is 0 Å². The molecular formula is C21H17N3O3S. The Labute approximate surface area is 163 Å². The number of anilines is 1. The zero-order valence-electron chi connectivity index (χ0n) is 15.0. The molecule has 3 N–H and O–H groups in total. The Balaban J connectivity index is 1.93. The summed E-state index contributed by atoms with van der Waals surface area (Å²) in [7, 11) is -2.88. The van der Waals surface area contributed by atoms with E-state index in [1.54, 1.807) is 42.5 Å². The van der Waals surface area contributed by atoms with E-state index in [2.05, 4.69) is 21.2 Å². The molecule has 140 valence electrons. The summed E-state index contributed by atoms with van der Waals surface area (Å²) in [5, 5.41) is 9.31. The van der Waals surface area contributed by atoms with Crippen LogP contribution in [0.3, 0.4) is 0 Å². The van der Waals surface area contributed by atoms with Gasteiger partial charge in [-0.15, -0.1) is 0 Å². The second kappa shape index (κ2) is 7.94. The highest BCUT2D eigenvalue weighted by atomic mass is 32.2. The molecule has 0 aliphatic heterocycles. The SMILES string of the molecule is C[S@@](=O)(=NC(=O)c1cnc(N)c(C#Cc2ccc(O)cc2)c1)c1ccccc1. The van der Waals surface area contributed by atoms with Crippen LogP contribution in [-0.2, 0) is 9.73 Å². The highest BCUT2D eigenvalue weighted by molar-refractivity contribution is 7.93. The predicted molar refractivity (Wildman–Crippen MR) is 108 cm³/mol. The average Bonchev–Trinajstić information content (AvgIpc) is 2.69. The predicted octanol–water partition coefficient (Wildman–Crippen LogP) is 3.07. The molecule has 6 nitrogen and oxygen atoms in total. The number of nitrogens with zero attached hydrogens (tertiary/aromatic N) is 2. The number of carbonyl (C=O) groups excluding carboxylic acids is 1. The molecule has 3 rings (SSSR count). The van der Waals surface area contributed by atoms with E-state index in [1.807, 2.05) is 0 Å². The lowest BCUT2D eigenvalue weighted by Crippen LogP contribution is -2.05. The van der Waals surface area contributed by atoms with Gasteiger partial charge in [0.2, 0.25) is 0 Å². The third kappa shape index (κ3) is 4.55. The minimum Gasteiger partial charge on any atom is -0.508 e. The number of carbonyl (C=O) groups is 1. The summed E-state index contributed by atoms with van der Waals surface area (Å²) in [6.45, 7) is 0. The van der Waals surface area contributed by atoms with E-state index < -0.39 is 15.6 Å². The third-order valence-corrected chi connectivity index (χ3v) is 5.47. The van der Waals surface area contributed by atoms with Crippen LogP contribution in [0.15, 0.2) is 76.1 Å². The number of nitrogens with two attached hydrogens (primary N) is 1. The maximum absolute atomic E-state index is 12.8. The van der Waals surface area contributed by atoms with Crippen molar-refractivity contribution in [1.29, 1.82) is 0 Å². The Morgan fingerprint density at radius 2 is 1.79 bits per heavy atom. The molecule has 28 heavy (non-hydrogen) atoms. The molecule has 0 unspecified atom stereocenters. The standard InChI is InChI=1S/C21H17N3O3S/c1-28(27,19-5-3-2-4-6-19)24-21(26)17-13-16(20(22)23-14-17)10-7-15-8-11-18(25)12-9-15/h2-6,8-9,11-14,25H,1H3,(H2,22,23)/t28-/m0/s1. The van der Waals surface area contributed by atoms with Gasteiger partial charge in [-0.2, -0.15) is 4.36 Å². The minimum atomic E-state index is -2.88. The maximum Gasteiger partial charge on any atom is 0.286 e. The molecule has 0 fully saturated rings. The van der Waals surface area contributed by atoms with Crippen LogP contribution in [0, 0.1) is 11.8 Å². The normalized spacial score (nSPS) is 12.3. The van der Waals surface area contributed by atoms with Gasteiger partial charge in [0.05, 0.1) is 20.9 Å². The number of amides is 1. The van der Waals surface area contributed by atoms with Gasteiger partial charge in [-0.05, 0) is 42.5 Å². The molecule has 0 bridgehead atoms. The van der Waals surface area contributed by atoms with Gasteiger partial charge in [-0.25, -0.2) is 9.19 Å². The number of nitrogen functional groups attached to an aromatic ring is 1. The number of phenols is 1. The van der Waals surface area contributed by atoms with Gasteiger partial charge >= 0.3 is 0 Å². The molecule has 0 aliphatic rings. The summed E-state index contributed by atoms with van der Waals surface area (Å²) in [4.78, 5) is 17.0. The third-order valence-electron chi connectivity index (χ3n) is 3.81. The minimum absolute atomic E-state index is 0.141. The Morgan fingerprint density at radius 3 is 2.46 bits per heavy atom. The number of pyridine rings is 1. The smallest absolute Gasteiger partial charge is 0.286 e. The Hall–Kier alpha value is -3.63. The van der Waals surface area contributed by atoms with Crippen molar-refractivity contribution in [3.63, 3.8) is 0 Å². The van der Waals surface area contributed by atoms with Crippen LogP contribution >= 0.6 is 0 Å². The lowest BCUT2D eigenvalue weighted by molar-refractivity contribution is 0.100. The largest absolute Gasteiger partial charge is 0.508 e. The molecule has 3 aromatic rings. The average molecular weight is 391 g/mol. The van der Waals surface area contributed by atoms with Crippen molar-refractivity contribution < 1.29 is 14.1 Å². The first-order chi connectivity index (χ1) is 13.3. The molecule has 0 radical (unpaired) electrons. The van der Waals surface area contributed by atoms with Crippen molar-refractivity contribution in [2.75, 3.05) is 12.0 Å². The van der Waals surface area contributed by atoms with E-state index in [0.29, 0.717) is 16.0 Å². The Kier molecular flexibility index (Phi) is 5.43. The van der Waals surface area contributed by atoms with Crippen molar-refractivity contribution in [1.82, 2.24) is 4.98 Å². The molecule has 1 atom stereocenters. The molecule has 1 amide bonds. The van der Waals surface area contributed by atoms with Crippen molar-refractivity contribution in [3.05, 3.63) is 83.6 Å². The first kappa shape index (κ1) is 19.1. The van der Waals surface area contributed by atoms with E-state index in [1.165, 1.54) is 30.7 Å². The summed E-state index contributed by atoms with van der Waals surface area (Å²) in [5.41, 5.74) is 7.02. The van der Waals surface area contributed by atoms with Crippen molar-refractivity contribution in [2.45, 2.75) is 4.90 Å². The number of rotatable bonds is 2. The van der Waals surface area contributed by atoms with Crippen LogP contribution in [0.2, 0.25) is 0 Å². The van der Waals surface area contributed by atoms with Gasteiger partial charge < -0.3 is 10.8 Å². The molecule has 0 spiro atoms. The van der Waals surface area contributed by atoms with E-state index in [9.17, 15) is 14.1 Å².